The predicted molar refractivity (Wildman–Crippen MR) is 117 cm³/mol. The van der Waals surface area contributed by atoms with Crippen molar-refractivity contribution in [3.8, 4) is 0 Å². The number of carbonyl (C=O) groups excluding carboxylic acids is 4. The Morgan fingerprint density at radius 1 is 0.690 bits per heavy atom. The molecule has 2 N–H and O–H groups in total. The molecule has 6 heteroatoms. The van der Waals surface area contributed by atoms with Crippen LogP contribution in [0, 0.1) is 5.92 Å². The van der Waals surface area contributed by atoms with Crippen LogP contribution in [0.25, 0.3) is 0 Å². The van der Waals surface area contributed by atoms with Gasteiger partial charge in [0.05, 0.1) is 0 Å². The summed E-state index contributed by atoms with van der Waals surface area (Å²) in [5.74, 6) is 0.154. The average Bonchev–Trinajstić information content (AvgIpc) is 2.59. The van der Waals surface area contributed by atoms with Crippen molar-refractivity contribution >= 4 is 23.4 Å². The highest BCUT2D eigenvalue weighted by Gasteiger charge is 2.20. The first kappa shape index (κ1) is 27.3. The molecule has 0 saturated carbocycles. The van der Waals surface area contributed by atoms with Crippen molar-refractivity contribution in [1.29, 1.82) is 0 Å². The predicted octanol–water partition coefficient (Wildman–Crippen LogP) is 4.10. The molecule has 0 heterocycles. The maximum absolute atomic E-state index is 12.5. The van der Waals surface area contributed by atoms with E-state index in [0.29, 0.717) is 25.7 Å². The van der Waals surface area contributed by atoms with Crippen LogP contribution < -0.4 is 10.6 Å². The monoisotopic (exact) mass is 410 g/mol. The maximum atomic E-state index is 12.5. The van der Waals surface area contributed by atoms with Crippen LogP contribution >= 0.6 is 0 Å². The van der Waals surface area contributed by atoms with Crippen LogP contribution in [0.15, 0.2) is 0 Å². The molecule has 3 atom stereocenters. The second-order valence-corrected chi connectivity index (χ2v) is 8.47. The Bertz CT molecular complexity index is 519. The number of Topliss-reactive ketones (excluding diaryl/α,β-unsaturated/α-hetero) is 2. The lowest BCUT2D eigenvalue weighted by Crippen LogP contribution is -2.42. The van der Waals surface area contributed by atoms with Crippen LogP contribution in [0.3, 0.4) is 0 Å². The summed E-state index contributed by atoms with van der Waals surface area (Å²) in [4.78, 5) is 47.5. The molecule has 29 heavy (non-hydrogen) atoms. The molecule has 2 amide bonds. The molecule has 0 aromatic rings. The number of hydrogen-bond acceptors (Lipinski definition) is 4. The number of unbranched alkanes of at least 4 members (excludes halogenated alkanes) is 2. The molecule has 0 aliphatic rings. The molecule has 0 aliphatic carbocycles. The van der Waals surface area contributed by atoms with Gasteiger partial charge in [0.1, 0.15) is 11.6 Å². The van der Waals surface area contributed by atoms with Crippen molar-refractivity contribution in [2.75, 3.05) is 0 Å². The Hall–Kier alpha value is -1.72. The smallest absolute Gasteiger partial charge is 0.222 e. The summed E-state index contributed by atoms with van der Waals surface area (Å²) in [6.45, 7) is 9.22. The first-order valence-electron chi connectivity index (χ1n) is 11.2. The van der Waals surface area contributed by atoms with Gasteiger partial charge in [-0.05, 0) is 39.0 Å². The minimum absolute atomic E-state index is 0.0736. The summed E-state index contributed by atoms with van der Waals surface area (Å²) in [6.07, 6.45) is 7.70. The minimum Gasteiger partial charge on any atom is -0.353 e. The molecule has 0 radical (unpaired) electrons. The van der Waals surface area contributed by atoms with Gasteiger partial charge in [0.25, 0.3) is 0 Å². The van der Waals surface area contributed by atoms with E-state index in [9.17, 15) is 19.2 Å². The van der Waals surface area contributed by atoms with Crippen LogP contribution in [-0.2, 0) is 19.2 Å². The Balaban J connectivity index is 4.61. The molecule has 0 saturated heterocycles. The van der Waals surface area contributed by atoms with Gasteiger partial charge in [-0.3, -0.25) is 14.4 Å². The second-order valence-electron chi connectivity index (χ2n) is 8.47. The van der Waals surface area contributed by atoms with Gasteiger partial charge in [-0.25, -0.2) is 0 Å². The van der Waals surface area contributed by atoms with E-state index in [1.165, 1.54) is 0 Å². The third kappa shape index (κ3) is 15.8. The first-order valence-corrected chi connectivity index (χ1v) is 11.2. The second kappa shape index (κ2) is 16.1. The van der Waals surface area contributed by atoms with Gasteiger partial charge in [0.2, 0.25) is 11.8 Å². The molecule has 0 aliphatic heterocycles. The van der Waals surface area contributed by atoms with Crippen molar-refractivity contribution < 1.29 is 19.2 Å². The molecule has 168 valence electrons. The highest BCUT2D eigenvalue weighted by Crippen LogP contribution is 2.12. The summed E-state index contributed by atoms with van der Waals surface area (Å²) in [5.41, 5.74) is 0. The van der Waals surface area contributed by atoms with Gasteiger partial charge in [-0.15, -0.1) is 0 Å². The van der Waals surface area contributed by atoms with E-state index in [2.05, 4.69) is 17.6 Å². The highest BCUT2D eigenvalue weighted by molar-refractivity contribution is 5.81. The zero-order valence-corrected chi connectivity index (χ0v) is 19.1. The van der Waals surface area contributed by atoms with Crippen molar-refractivity contribution in [2.45, 2.75) is 117 Å². The summed E-state index contributed by atoms with van der Waals surface area (Å²) >= 11 is 0. The fourth-order valence-electron chi connectivity index (χ4n) is 3.45. The van der Waals surface area contributed by atoms with E-state index in [1.807, 2.05) is 13.8 Å². The quantitative estimate of drug-likeness (QED) is 0.353. The molecule has 0 rings (SSSR count). The van der Waals surface area contributed by atoms with E-state index in [4.69, 9.17) is 0 Å². The van der Waals surface area contributed by atoms with E-state index in [1.54, 1.807) is 13.8 Å². The molecule has 3 unspecified atom stereocenters. The van der Waals surface area contributed by atoms with E-state index < -0.39 is 0 Å². The fraction of sp³-hybridized carbons (Fsp3) is 0.826. The van der Waals surface area contributed by atoms with E-state index in [-0.39, 0.29) is 47.8 Å². The molecule has 0 bridgehead atoms. The SMILES string of the molecule is CCCCCC(CC(C)=O)NC(=O)CC(CCC)NC(=O)CC(C)CCC(C)=O. The van der Waals surface area contributed by atoms with Gasteiger partial charge in [0.15, 0.2) is 0 Å². The van der Waals surface area contributed by atoms with Gasteiger partial charge in [-0.2, -0.15) is 0 Å². The lowest BCUT2D eigenvalue weighted by atomic mass is 9.99. The average molecular weight is 411 g/mol. The highest BCUT2D eigenvalue weighted by atomic mass is 16.2. The number of ketones is 2. The number of amides is 2. The largest absolute Gasteiger partial charge is 0.353 e. The summed E-state index contributed by atoms with van der Waals surface area (Å²) in [7, 11) is 0. The van der Waals surface area contributed by atoms with Crippen LogP contribution in [-0.4, -0.2) is 35.5 Å². The Morgan fingerprint density at radius 2 is 1.28 bits per heavy atom. The molecular weight excluding hydrogens is 368 g/mol. The standard InChI is InChI=1S/C23H42N2O4/c1-6-8-9-11-21(15-19(5)27)25-23(29)16-20(10-7-2)24-22(28)14-17(3)12-13-18(4)26/h17,20-21H,6-16H2,1-5H3,(H,24,28)(H,25,29). The third-order valence-corrected chi connectivity index (χ3v) is 5.01. The van der Waals surface area contributed by atoms with Gasteiger partial charge < -0.3 is 15.4 Å². The topological polar surface area (TPSA) is 92.3 Å². The number of hydrogen-bond donors (Lipinski definition) is 2. The van der Waals surface area contributed by atoms with Crippen molar-refractivity contribution in [3.05, 3.63) is 0 Å². The Labute approximate surface area is 177 Å². The van der Waals surface area contributed by atoms with Crippen molar-refractivity contribution in [1.82, 2.24) is 10.6 Å². The summed E-state index contributed by atoms with van der Waals surface area (Å²) in [5, 5.41) is 5.98. The van der Waals surface area contributed by atoms with Crippen LogP contribution in [0.2, 0.25) is 0 Å². The van der Waals surface area contributed by atoms with Crippen LogP contribution in [0.1, 0.15) is 105 Å². The molecular formula is C23H42N2O4. The zero-order valence-electron chi connectivity index (χ0n) is 19.1. The number of rotatable bonds is 17. The van der Waals surface area contributed by atoms with Crippen LogP contribution in [0.5, 0.6) is 0 Å². The molecule has 0 fully saturated rings. The molecule has 6 nitrogen and oxygen atoms in total. The van der Waals surface area contributed by atoms with Gasteiger partial charge in [-0.1, -0.05) is 46.5 Å². The lowest BCUT2D eigenvalue weighted by Gasteiger charge is -2.22. The molecule has 0 aromatic heterocycles. The summed E-state index contributed by atoms with van der Waals surface area (Å²) in [6, 6.07) is -0.336. The first-order chi connectivity index (χ1) is 13.7. The molecule has 0 spiro atoms. The number of nitrogens with one attached hydrogen (secondary N) is 2. The summed E-state index contributed by atoms with van der Waals surface area (Å²) < 4.78 is 0. The van der Waals surface area contributed by atoms with Gasteiger partial charge in [0, 0.05) is 37.8 Å². The molecule has 0 aromatic carbocycles. The van der Waals surface area contributed by atoms with E-state index >= 15 is 0 Å². The minimum atomic E-state index is -0.207. The zero-order chi connectivity index (χ0) is 22.2. The Kier molecular flexibility index (Phi) is 15.2. The fourth-order valence-corrected chi connectivity index (χ4v) is 3.45. The third-order valence-electron chi connectivity index (χ3n) is 5.01. The van der Waals surface area contributed by atoms with Crippen molar-refractivity contribution in [3.63, 3.8) is 0 Å². The maximum Gasteiger partial charge on any atom is 0.222 e. The van der Waals surface area contributed by atoms with Gasteiger partial charge >= 0.3 is 0 Å². The number of carbonyl (C=O) groups is 4. The Morgan fingerprint density at radius 3 is 1.79 bits per heavy atom. The lowest BCUT2D eigenvalue weighted by molar-refractivity contribution is -0.125. The van der Waals surface area contributed by atoms with Crippen molar-refractivity contribution in [2.24, 2.45) is 5.92 Å². The normalized spacial score (nSPS) is 14.0. The van der Waals surface area contributed by atoms with E-state index in [0.717, 1.165) is 38.5 Å². The van der Waals surface area contributed by atoms with Crippen LogP contribution in [0.4, 0.5) is 0 Å².